The molecule has 4 aromatic rings. The van der Waals surface area contributed by atoms with E-state index in [-0.39, 0.29) is 16.4 Å². The number of aromatic nitrogens is 1. The Morgan fingerprint density at radius 1 is 0.875 bits per heavy atom. The van der Waals surface area contributed by atoms with E-state index in [9.17, 15) is 14.0 Å². The van der Waals surface area contributed by atoms with Crippen molar-refractivity contribution in [1.82, 2.24) is 4.98 Å². The molecule has 1 amide bonds. The SMILES string of the molecule is CC(C)(C)OC(=O)N1CC(C)(C)c2[nH]c(=O)c(Cc3ccc(F)cc3CCCO[Si](c3ccccc3)(c3ccccc3)C(C)(C)C)cc21. The number of hydrogen-bond acceptors (Lipinski definition) is 4. The number of H-pyrrole nitrogens is 1. The van der Waals surface area contributed by atoms with Crippen LogP contribution in [0, 0.1) is 5.82 Å². The summed E-state index contributed by atoms with van der Waals surface area (Å²) >= 11 is 0. The van der Waals surface area contributed by atoms with Crippen molar-refractivity contribution in [1.29, 1.82) is 0 Å². The van der Waals surface area contributed by atoms with E-state index in [2.05, 4.69) is 74.3 Å². The number of aromatic amines is 1. The van der Waals surface area contributed by atoms with Gasteiger partial charge in [0.15, 0.2) is 0 Å². The number of ether oxygens (including phenoxy) is 1. The summed E-state index contributed by atoms with van der Waals surface area (Å²) in [5.41, 5.74) is 2.26. The molecule has 0 fully saturated rings. The van der Waals surface area contributed by atoms with Crippen LogP contribution in [0.3, 0.4) is 0 Å². The van der Waals surface area contributed by atoms with Crippen LogP contribution in [0.2, 0.25) is 5.04 Å². The summed E-state index contributed by atoms with van der Waals surface area (Å²) in [5, 5.41) is 2.29. The molecule has 1 N–H and O–H groups in total. The fourth-order valence-electron chi connectivity index (χ4n) is 6.91. The monoisotopic (exact) mass is 668 g/mol. The van der Waals surface area contributed by atoms with Gasteiger partial charge in [-0.05, 0) is 78.4 Å². The van der Waals surface area contributed by atoms with E-state index in [4.69, 9.17) is 9.16 Å². The molecule has 0 bridgehead atoms. The van der Waals surface area contributed by atoms with E-state index in [1.165, 1.54) is 16.4 Å². The van der Waals surface area contributed by atoms with Gasteiger partial charge < -0.3 is 14.1 Å². The second-order valence-electron chi connectivity index (χ2n) is 15.5. The summed E-state index contributed by atoms with van der Waals surface area (Å²) in [6, 6.07) is 27.6. The van der Waals surface area contributed by atoms with Crippen molar-refractivity contribution in [2.45, 2.75) is 90.7 Å². The summed E-state index contributed by atoms with van der Waals surface area (Å²) in [6.45, 7) is 17.2. The Kier molecular flexibility index (Phi) is 9.91. The first-order valence-electron chi connectivity index (χ1n) is 16.8. The van der Waals surface area contributed by atoms with E-state index >= 15 is 0 Å². The van der Waals surface area contributed by atoms with Gasteiger partial charge in [-0.3, -0.25) is 9.69 Å². The number of amides is 1. The molecule has 3 aromatic carbocycles. The average molecular weight is 669 g/mol. The van der Waals surface area contributed by atoms with Crippen LogP contribution in [-0.2, 0) is 27.4 Å². The van der Waals surface area contributed by atoms with Crippen molar-refractivity contribution in [2.24, 2.45) is 0 Å². The summed E-state index contributed by atoms with van der Waals surface area (Å²) in [5.74, 6) is -0.317. The Balaban J connectivity index is 1.40. The number of hydrogen-bond donors (Lipinski definition) is 1. The first kappa shape index (κ1) is 35.3. The molecule has 6 nitrogen and oxygen atoms in total. The highest BCUT2D eigenvalue weighted by Crippen LogP contribution is 2.40. The van der Waals surface area contributed by atoms with Crippen molar-refractivity contribution < 1.29 is 18.3 Å². The van der Waals surface area contributed by atoms with Crippen LogP contribution in [0.5, 0.6) is 0 Å². The molecule has 8 heteroatoms. The predicted octanol–water partition coefficient (Wildman–Crippen LogP) is 7.65. The number of aryl methyl sites for hydroxylation is 1. The van der Waals surface area contributed by atoms with Gasteiger partial charge in [-0.15, -0.1) is 0 Å². The second kappa shape index (κ2) is 13.5. The first-order valence-corrected chi connectivity index (χ1v) is 18.7. The zero-order valence-corrected chi connectivity index (χ0v) is 30.6. The van der Waals surface area contributed by atoms with Crippen LogP contribution in [0.25, 0.3) is 0 Å². The van der Waals surface area contributed by atoms with Crippen LogP contribution < -0.4 is 20.8 Å². The third kappa shape index (κ3) is 7.35. The van der Waals surface area contributed by atoms with E-state index < -0.39 is 25.4 Å². The lowest BCUT2D eigenvalue weighted by Crippen LogP contribution is -2.66. The number of fused-ring (bicyclic) bond motifs is 1. The average Bonchev–Trinajstić information content (AvgIpc) is 3.27. The highest BCUT2D eigenvalue weighted by atomic mass is 28.4. The third-order valence-electron chi connectivity index (χ3n) is 9.11. The first-order chi connectivity index (χ1) is 22.5. The number of rotatable bonds is 9. The maximum atomic E-state index is 14.7. The molecule has 0 unspecified atom stereocenters. The van der Waals surface area contributed by atoms with Gasteiger partial charge >= 0.3 is 6.09 Å². The lowest BCUT2D eigenvalue weighted by atomic mass is 9.90. The number of halogens is 1. The number of pyridine rings is 1. The summed E-state index contributed by atoms with van der Waals surface area (Å²) in [7, 11) is -2.70. The van der Waals surface area contributed by atoms with Gasteiger partial charge in [-0.1, -0.05) is 101 Å². The standard InChI is InChI=1S/C40H49FN2O4Si/c1-38(2,3)47-37(45)43-27-40(7,8)35-34(43)26-30(36(44)42-35)24-29-21-22-31(41)25-28(29)16-15-23-46-48(39(4,5)6,32-17-11-9-12-18-32)33-19-13-10-14-20-33/h9-14,17-22,25-26H,15-16,23-24,27H2,1-8H3,(H,42,44). The van der Waals surface area contributed by atoms with Gasteiger partial charge in [-0.2, -0.15) is 0 Å². The minimum atomic E-state index is -2.70. The zero-order chi connectivity index (χ0) is 34.9. The maximum absolute atomic E-state index is 14.7. The van der Waals surface area contributed by atoms with Crippen LogP contribution in [0.15, 0.2) is 89.7 Å². The van der Waals surface area contributed by atoms with Crippen molar-refractivity contribution in [3.63, 3.8) is 0 Å². The molecule has 0 saturated heterocycles. The lowest BCUT2D eigenvalue weighted by molar-refractivity contribution is 0.0579. The number of nitrogens with one attached hydrogen (secondary N) is 1. The molecule has 0 aliphatic carbocycles. The summed E-state index contributed by atoms with van der Waals surface area (Å²) in [6.07, 6.45) is 1.12. The van der Waals surface area contributed by atoms with E-state index in [0.717, 1.165) is 11.1 Å². The number of anilines is 1. The maximum Gasteiger partial charge on any atom is 0.414 e. The van der Waals surface area contributed by atoms with Crippen molar-refractivity contribution >= 4 is 30.5 Å². The summed E-state index contributed by atoms with van der Waals surface area (Å²) < 4.78 is 27.4. The van der Waals surface area contributed by atoms with Gasteiger partial charge in [0, 0.05) is 36.2 Å². The molecule has 2 heterocycles. The van der Waals surface area contributed by atoms with Crippen molar-refractivity contribution in [3.8, 4) is 0 Å². The zero-order valence-electron chi connectivity index (χ0n) is 29.6. The topological polar surface area (TPSA) is 71.6 Å². The van der Waals surface area contributed by atoms with E-state index in [1.807, 2.05) is 46.8 Å². The number of nitrogens with zero attached hydrogens (tertiary/aromatic N) is 1. The van der Waals surface area contributed by atoms with Crippen LogP contribution in [0.1, 0.15) is 84.2 Å². The second-order valence-corrected chi connectivity index (χ2v) is 19.8. The Bertz CT molecular complexity index is 1770. The van der Waals surface area contributed by atoms with Gasteiger partial charge in [0.2, 0.25) is 0 Å². The van der Waals surface area contributed by atoms with Crippen LogP contribution >= 0.6 is 0 Å². The van der Waals surface area contributed by atoms with Crippen molar-refractivity contribution in [3.05, 3.63) is 123 Å². The third-order valence-corrected chi connectivity index (χ3v) is 14.1. The van der Waals surface area contributed by atoms with Crippen molar-refractivity contribution in [2.75, 3.05) is 18.1 Å². The molecule has 0 saturated carbocycles. The number of carbonyl (C=O) groups excluding carboxylic acids is 1. The van der Waals surface area contributed by atoms with Crippen LogP contribution in [0.4, 0.5) is 14.9 Å². The minimum absolute atomic E-state index is 0.143. The molecule has 1 aliphatic heterocycles. The quantitative estimate of drug-likeness (QED) is 0.147. The number of carbonyl (C=O) groups is 1. The van der Waals surface area contributed by atoms with E-state index in [0.29, 0.717) is 49.4 Å². The molecule has 1 aliphatic rings. The van der Waals surface area contributed by atoms with E-state index in [1.54, 1.807) is 23.1 Å². The van der Waals surface area contributed by atoms with Crippen LogP contribution in [-0.4, -0.2) is 38.1 Å². The Morgan fingerprint density at radius 2 is 1.48 bits per heavy atom. The normalized spacial score (nSPS) is 14.6. The fourth-order valence-corrected chi connectivity index (χ4v) is 11.5. The molecule has 5 rings (SSSR count). The highest BCUT2D eigenvalue weighted by molar-refractivity contribution is 6.99. The fraction of sp³-hybridized carbons (Fsp3) is 0.400. The molecular formula is C40H49FN2O4Si. The van der Waals surface area contributed by atoms with Gasteiger partial charge in [-0.25, -0.2) is 9.18 Å². The summed E-state index contributed by atoms with van der Waals surface area (Å²) in [4.78, 5) is 31.3. The Morgan fingerprint density at radius 3 is 2.04 bits per heavy atom. The van der Waals surface area contributed by atoms with Gasteiger partial charge in [0.25, 0.3) is 13.9 Å². The molecule has 254 valence electrons. The molecule has 0 atom stereocenters. The predicted molar refractivity (Wildman–Crippen MR) is 195 cm³/mol. The lowest BCUT2D eigenvalue weighted by Gasteiger charge is -2.43. The molecule has 48 heavy (non-hydrogen) atoms. The largest absolute Gasteiger partial charge is 0.443 e. The smallest absolute Gasteiger partial charge is 0.414 e. The Hall–Kier alpha value is -4.01. The number of benzene rings is 3. The van der Waals surface area contributed by atoms with Gasteiger partial charge in [0.1, 0.15) is 11.4 Å². The van der Waals surface area contributed by atoms with Gasteiger partial charge in [0.05, 0.1) is 5.69 Å². The Labute approximate surface area is 285 Å². The highest BCUT2D eigenvalue weighted by Gasteiger charge is 2.50. The molecular weight excluding hydrogens is 620 g/mol. The molecule has 0 spiro atoms. The minimum Gasteiger partial charge on any atom is -0.443 e. The molecule has 1 aromatic heterocycles. The molecule has 0 radical (unpaired) electrons.